The number of carboxylic acid groups (broad SMARTS) is 1. The minimum Gasteiger partial charge on any atom is -0.475 e. The lowest BCUT2D eigenvalue weighted by Gasteiger charge is -2.00. The third-order valence-corrected chi connectivity index (χ3v) is 2.03. The Bertz CT molecular complexity index is 508. The third-order valence-electron chi connectivity index (χ3n) is 2.03. The quantitative estimate of drug-likeness (QED) is 0.738. The van der Waals surface area contributed by atoms with Gasteiger partial charge in [0, 0.05) is 11.6 Å². The van der Waals surface area contributed by atoms with Crippen LogP contribution < -0.4 is 0 Å². The summed E-state index contributed by atoms with van der Waals surface area (Å²) in [7, 11) is 0. The number of nitrogens with zero attached hydrogens (tertiary/aromatic N) is 2. The van der Waals surface area contributed by atoms with Crippen LogP contribution in [0.4, 0.5) is 0 Å². The van der Waals surface area contributed by atoms with Crippen LogP contribution in [0.1, 0.15) is 16.2 Å². The average molecular weight is 188 g/mol. The second kappa shape index (κ2) is 3.06. The van der Waals surface area contributed by atoms with Gasteiger partial charge in [-0.15, -0.1) is 0 Å². The molecule has 0 saturated carbocycles. The molecule has 4 nitrogen and oxygen atoms in total. The van der Waals surface area contributed by atoms with Gasteiger partial charge in [-0.2, -0.15) is 0 Å². The molecular formula is C10H8N2O2. The standard InChI is InChI=1S/C10H8N2O2/c1-6-3-2-4-8-7(6)5-11-9(12-8)10(13)14/h2-5H,1H3,(H,13,14). The van der Waals surface area contributed by atoms with E-state index in [1.807, 2.05) is 19.1 Å². The number of aryl methyl sites for hydroxylation is 1. The van der Waals surface area contributed by atoms with E-state index in [0.717, 1.165) is 10.9 Å². The molecule has 0 unspecified atom stereocenters. The van der Waals surface area contributed by atoms with Gasteiger partial charge in [0.15, 0.2) is 0 Å². The average Bonchev–Trinajstić information content (AvgIpc) is 2.17. The Kier molecular flexibility index (Phi) is 1.89. The molecule has 1 heterocycles. The van der Waals surface area contributed by atoms with Gasteiger partial charge < -0.3 is 5.11 Å². The van der Waals surface area contributed by atoms with Crippen LogP contribution in [0.2, 0.25) is 0 Å². The first kappa shape index (κ1) is 8.62. The van der Waals surface area contributed by atoms with Crippen LogP contribution in [0.25, 0.3) is 10.9 Å². The van der Waals surface area contributed by atoms with Gasteiger partial charge in [-0.3, -0.25) is 0 Å². The van der Waals surface area contributed by atoms with Crippen molar-refractivity contribution in [3.05, 3.63) is 35.8 Å². The predicted molar refractivity (Wildman–Crippen MR) is 51.2 cm³/mol. The first-order valence-corrected chi connectivity index (χ1v) is 4.14. The first-order chi connectivity index (χ1) is 6.68. The molecule has 0 saturated heterocycles. The fraction of sp³-hybridized carbons (Fsp3) is 0.100. The second-order valence-corrected chi connectivity index (χ2v) is 3.01. The van der Waals surface area contributed by atoms with Crippen molar-refractivity contribution in [2.75, 3.05) is 0 Å². The molecule has 0 radical (unpaired) electrons. The molecule has 4 heteroatoms. The maximum Gasteiger partial charge on any atom is 0.373 e. The molecule has 0 atom stereocenters. The number of carbonyl (C=O) groups is 1. The van der Waals surface area contributed by atoms with Gasteiger partial charge in [0.25, 0.3) is 0 Å². The molecule has 0 fully saturated rings. The van der Waals surface area contributed by atoms with E-state index in [9.17, 15) is 4.79 Å². The van der Waals surface area contributed by atoms with Gasteiger partial charge in [-0.1, -0.05) is 12.1 Å². The number of hydrogen-bond acceptors (Lipinski definition) is 3. The molecule has 2 aromatic rings. The molecule has 1 aromatic carbocycles. The van der Waals surface area contributed by atoms with Crippen LogP contribution >= 0.6 is 0 Å². The number of rotatable bonds is 1. The monoisotopic (exact) mass is 188 g/mol. The largest absolute Gasteiger partial charge is 0.475 e. The molecule has 0 spiro atoms. The second-order valence-electron chi connectivity index (χ2n) is 3.01. The van der Waals surface area contributed by atoms with Crippen LogP contribution in [0.5, 0.6) is 0 Å². The van der Waals surface area contributed by atoms with Crippen molar-refractivity contribution in [2.45, 2.75) is 6.92 Å². The maximum absolute atomic E-state index is 10.6. The summed E-state index contributed by atoms with van der Waals surface area (Å²) in [6.07, 6.45) is 1.54. The number of carboxylic acids is 1. The molecule has 70 valence electrons. The number of hydrogen-bond donors (Lipinski definition) is 1. The molecule has 2 rings (SSSR count). The van der Waals surface area contributed by atoms with E-state index in [1.165, 1.54) is 0 Å². The smallest absolute Gasteiger partial charge is 0.373 e. The number of aromatic nitrogens is 2. The van der Waals surface area contributed by atoms with E-state index < -0.39 is 5.97 Å². The van der Waals surface area contributed by atoms with E-state index in [-0.39, 0.29) is 5.82 Å². The zero-order valence-electron chi connectivity index (χ0n) is 7.56. The number of benzene rings is 1. The predicted octanol–water partition coefficient (Wildman–Crippen LogP) is 1.64. The van der Waals surface area contributed by atoms with Gasteiger partial charge in [0.1, 0.15) is 0 Å². The molecule has 1 N–H and O–H groups in total. The molecule has 14 heavy (non-hydrogen) atoms. The van der Waals surface area contributed by atoms with E-state index in [0.29, 0.717) is 5.52 Å². The van der Waals surface area contributed by atoms with Crippen molar-refractivity contribution in [1.29, 1.82) is 0 Å². The number of aromatic carboxylic acids is 1. The molecule has 1 aromatic heterocycles. The SMILES string of the molecule is Cc1cccc2nc(C(=O)O)ncc12. The van der Waals surface area contributed by atoms with E-state index >= 15 is 0 Å². The Morgan fingerprint density at radius 1 is 1.43 bits per heavy atom. The lowest BCUT2D eigenvalue weighted by Crippen LogP contribution is -2.03. The summed E-state index contributed by atoms with van der Waals surface area (Å²) in [4.78, 5) is 18.3. The lowest BCUT2D eigenvalue weighted by atomic mass is 10.1. The minimum absolute atomic E-state index is 0.164. The molecule has 0 bridgehead atoms. The van der Waals surface area contributed by atoms with E-state index in [1.54, 1.807) is 12.3 Å². The summed E-state index contributed by atoms with van der Waals surface area (Å²) >= 11 is 0. The van der Waals surface area contributed by atoms with Gasteiger partial charge in [0.05, 0.1) is 5.52 Å². The highest BCUT2D eigenvalue weighted by atomic mass is 16.4. The maximum atomic E-state index is 10.6. The van der Waals surface area contributed by atoms with Crippen molar-refractivity contribution >= 4 is 16.9 Å². The molecular weight excluding hydrogens is 180 g/mol. The Balaban J connectivity index is 2.73. The first-order valence-electron chi connectivity index (χ1n) is 4.14. The van der Waals surface area contributed by atoms with Crippen LogP contribution in [-0.4, -0.2) is 21.0 Å². The van der Waals surface area contributed by atoms with Crippen molar-refractivity contribution in [2.24, 2.45) is 0 Å². The van der Waals surface area contributed by atoms with E-state index in [2.05, 4.69) is 9.97 Å². The van der Waals surface area contributed by atoms with Crippen molar-refractivity contribution in [1.82, 2.24) is 9.97 Å². The highest BCUT2D eigenvalue weighted by Gasteiger charge is 2.07. The van der Waals surface area contributed by atoms with Crippen molar-refractivity contribution < 1.29 is 9.90 Å². The Hall–Kier alpha value is -1.97. The van der Waals surface area contributed by atoms with Gasteiger partial charge in [0.2, 0.25) is 5.82 Å². The normalized spacial score (nSPS) is 10.4. The fourth-order valence-electron chi connectivity index (χ4n) is 1.30. The minimum atomic E-state index is -1.10. The topological polar surface area (TPSA) is 63.1 Å². The van der Waals surface area contributed by atoms with Crippen LogP contribution in [0, 0.1) is 6.92 Å². The van der Waals surface area contributed by atoms with Gasteiger partial charge in [-0.05, 0) is 18.6 Å². The van der Waals surface area contributed by atoms with Crippen molar-refractivity contribution in [3.8, 4) is 0 Å². The third kappa shape index (κ3) is 1.31. The van der Waals surface area contributed by atoms with Crippen LogP contribution in [0.3, 0.4) is 0 Å². The Morgan fingerprint density at radius 3 is 2.93 bits per heavy atom. The zero-order valence-corrected chi connectivity index (χ0v) is 7.56. The van der Waals surface area contributed by atoms with Crippen LogP contribution in [-0.2, 0) is 0 Å². The Morgan fingerprint density at radius 2 is 2.21 bits per heavy atom. The van der Waals surface area contributed by atoms with Gasteiger partial charge >= 0.3 is 5.97 Å². The highest BCUT2D eigenvalue weighted by molar-refractivity contribution is 5.88. The fourth-order valence-corrected chi connectivity index (χ4v) is 1.30. The summed E-state index contributed by atoms with van der Waals surface area (Å²) in [6.45, 7) is 1.94. The molecule has 0 amide bonds. The summed E-state index contributed by atoms with van der Waals surface area (Å²) < 4.78 is 0. The molecule has 0 aliphatic heterocycles. The zero-order chi connectivity index (χ0) is 10.1. The number of fused-ring (bicyclic) bond motifs is 1. The Labute approximate surface area is 80.2 Å². The highest BCUT2D eigenvalue weighted by Crippen LogP contribution is 2.14. The molecule has 0 aliphatic carbocycles. The van der Waals surface area contributed by atoms with Crippen molar-refractivity contribution in [3.63, 3.8) is 0 Å². The lowest BCUT2D eigenvalue weighted by molar-refractivity contribution is 0.0684. The molecule has 0 aliphatic rings. The van der Waals surface area contributed by atoms with Crippen LogP contribution in [0.15, 0.2) is 24.4 Å². The summed E-state index contributed by atoms with van der Waals surface area (Å²) in [5.74, 6) is -1.27. The summed E-state index contributed by atoms with van der Waals surface area (Å²) in [5, 5.41) is 9.58. The van der Waals surface area contributed by atoms with E-state index in [4.69, 9.17) is 5.11 Å². The van der Waals surface area contributed by atoms with Gasteiger partial charge in [-0.25, -0.2) is 14.8 Å². The summed E-state index contributed by atoms with van der Waals surface area (Å²) in [6, 6.07) is 5.55. The summed E-state index contributed by atoms with van der Waals surface area (Å²) in [5.41, 5.74) is 1.71.